The third kappa shape index (κ3) is 7.57. The van der Waals surface area contributed by atoms with Gasteiger partial charge in [-0.25, -0.2) is 4.79 Å². The molecule has 2 rings (SSSR count). The number of hydrogen-bond donors (Lipinski definition) is 1. The number of carbonyl (C=O) groups excluding carboxylic acids is 1. The molecule has 1 unspecified atom stereocenters. The zero-order valence-electron chi connectivity index (χ0n) is 16.4. The van der Waals surface area contributed by atoms with Crippen LogP contribution in [0.3, 0.4) is 0 Å². The van der Waals surface area contributed by atoms with Crippen LogP contribution in [-0.4, -0.2) is 55.6 Å². The summed E-state index contributed by atoms with van der Waals surface area (Å²) in [6.45, 7) is 5.74. The van der Waals surface area contributed by atoms with Crippen LogP contribution in [0.25, 0.3) is 0 Å². The Morgan fingerprint density at radius 3 is 2.63 bits per heavy atom. The first-order chi connectivity index (χ1) is 13.1. The molecule has 0 bridgehead atoms. The summed E-state index contributed by atoms with van der Waals surface area (Å²) in [4.78, 5) is 16.7. The van der Waals surface area contributed by atoms with Gasteiger partial charge in [0.2, 0.25) is 0 Å². The van der Waals surface area contributed by atoms with E-state index in [0.29, 0.717) is 25.7 Å². The van der Waals surface area contributed by atoms with Gasteiger partial charge in [-0.2, -0.15) is 11.3 Å². The first kappa shape index (κ1) is 21.2. The first-order valence-electron chi connectivity index (χ1n) is 9.45. The van der Waals surface area contributed by atoms with Crippen molar-refractivity contribution >= 4 is 17.4 Å². The Kier molecular flexibility index (Phi) is 9.08. The molecule has 0 spiro atoms. The summed E-state index contributed by atoms with van der Waals surface area (Å²) >= 11 is 1.69. The zero-order chi connectivity index (χ0) is 19.5. The van der Waals surface area contributed by atoms with Gasteiger partial charge >= 0.3 is 6.03 Å². The molecule has 2 aromatic rings. The molecule has 0 saturated carbocycles. The lowest BCUT2D eigenvalue weighted by Crippen LogP contribution is -2.43. The van der Waals surface area contributed by atoms with Gasteiger partial charge in [-0.15, -0.1) is 6.58 Å². The Bertz CT molecular complexity index is 670. The second-order valence-electron chi connectivity index (χ2n) is 6.94. The Balaban J connectivity index is 1.84. The SMILES string of the molecule is C=CCN(CCC(Cc1ccccc1)N(C)C)C(=O)NCCc1ccsc1. The van der Waals surface area contributed by atoms with Crippen LogP contribution in [0.1, 0.15) is 17.5 Å². The molecular formula is C22H31N3OS. The molecule has 0 aliphatic rings. The van der Waals surface area contributed by atoms with Crippen molar-refractivity contribution in [3.05, 3.63) is 70.9 Å². The Hall–Kier alpha value is -2.11. The number of nitrogens with one attached hydrogen (secondary N) is 1. The van der Waals surface area contributed by atoms with Gasteiger partial charge in [0.25, 0.3) is 0 Å². The molecule has 4 nitrogen and oxygen atoms in total. The van der Waals surface area contributed by atoms with E-state index in [0.717, 1.165) is 19.3 Å². The van der Waals surface area contributed by atoms with E-state index in [1.807, 2.05) is 11.0 Å². The fourth-order valence-electron chi connectivity index (χ4n) is 3.03. The molecule has 1 aromatic heterocycles. The Morgan fingerprint density at radius 1 is 1.22 bits per heavy atom. The van der Waals surface area contributed by atoms with Crippen molar-refractivity contribution in [2.45, 2.75) is 25.3 Å². The molecule has 1 atom stereocenters. The summed E-state index contributed by atoms with van der Waals surface area (Å²) in [6.07, 6.45) is 4.56. The summed E-state index contributed by atoms with van der Waals surface area (Å²) in [5.41, 5.74) is 2.60. The molecule has 1 heterocycles. The molecule has 0 aliphatic heterocycles. The van der Waals surface area contributed by atoms with E-state index in [2.05, 4.69) is 72.0 Å². The summed E-state index contributed by atoms with van der Waals surface area (Å²) in [6, 6.07) is 13.0. The number of likely N-dealkylation sites (N-methyl/N-ethyl adjacent to an activating group) is 1. The zero-order valence-corrected chi connectivity index (χ0v) is 17.3. The molecule has 0 fully saturated rings. The summed E-state index contributed by atoms with van der Waals surface area (Å²) in [5, 5.41) is 7.23. The summed E-state index contributed by atoms with van der Waals surface area (Å²) in [5.74, 6) is 0. The number of rotatable bonds is 11. The highest BCUT2D eigenvalue weighted by Gasteiger charge is 2.17. The predicted molar refractivity (Wildman–Crippen MR) is 115 cm³/mol. The van der Waals surface area contributed by atoms with E-state index in [-0.39, 0.29) is 6.03 Å². The molecule has 146 valence electrons. The van der Waals surface area contributed by atoms with Crippen molar-refractivity contribution in [3.8, 4) is 0 Å². The van der Waals surface area contributed by atoms with E-state index in [4.69, 9.17) is 0 Å². The van der Waals surface area contributed by atoms with Crippen molar-refractivity contribution in [1.29, 1.82) is 0 Å². The topological polar surface area (TPSA) is 35.6 Å². The van der Waals surface area contributed by atoms with E-state index < -0.39 is 0 Å². The number of nitrogens with zero attached hydrogens (tertiary/aromatic N) is 2. The molecule has 1 N–H and O–H groups in total. The highest BCUT2D eigenvalue weighted by atomic mass is 32.1. The summed E-state index contributed by atoms with van der Waals surface area (Å²) < 4.78 is 0. The molecular weight excluding hydrogens is 354 g/mol. The fourth-order valence-corrected chi connectivity index (χ4v) is 3.73. The summed E-state index contributed by atoms with van der Waals surface area (Å²) in [7, 11) is 4.21. The number of hydrogen-bond acceptors (Lipinski definition) is 3. The number of urea groups is 1. The van der Waals surface area contributed by atoms with Gasteiger partial charge in [0.1, 0.15) is 0 Å². The van der Waals surface area contributed by atoms with Gasteiger partial charge in [-0.1, -0.05) is 36.4 Å². The van der Waals surface area contributed by atoms with Crippen molar-refractivity contribution < 1.29 is 4.79 Å². The number of thiophene rings is 1. The number of benzene rings is 1. The normalized spacial score (nSPS) is 12.0. The van der Waals surface area contributed by atoms with Crippen LogP contribution in [-0.2, 0) is 12.8 Å². The lowest BCUT2D eigenvalue weighted by Gasteiger charge is -2.28. The highest BCUT2D eigenvalue weighted by molar-refractivity contribution is 7.07. The van der Waals surface area contributed by atoms with Crippen LogP contribution in [0.15, 0.2) is 59.8 Å². The van der Waals surface area contributed by atoms with Crippen molar-refractivity contribution in [2.75, 3.05) is 33.7 Å². The smallest absolute Gasteiger partial charge is 0.317 e. The lowest BCUT2D eigenvalue weighted by molar-refractivity contribution is 0.192. The monoisotopic (exact) mass is 385 g/mol. The fraction of sp³-hybridized carbons (Fsp3) is 0.409. The minimum atomic E-state index is -0.0117. The first-order valence-corrected chi connectivity index (χ1v) is 10.4. The van der Waals surface area contributed by atoms with Crippen molar-refractivity contribution in [2.24, 2.45) is 0 Å². The predicted octanol–water partition coefficient (Wildman–Crippen LogP) is 4.05. The molecule has 0 radical (unpaired) electrons. The average molecular weight is 386 g/mol. The molecule has 27 heavy (non-hydrogen) atoms. The second-order valence-corrected chi connectivity index (χ2v) is 7.72. The molecule has 0 aliphatic carbocycles. The second kappa shape index (κ2) is 11.6. The minimum absolute atomic E-state index is 0.0117. The lowest BCUT2D eigenvalue weighted by atomic mass is 10.0. The van der Waals surface area contributed by atoms with Crippen LogP contribution in [0, 0.1) is 0 Å². The van der Waals surface area contributed by atoms with Gasteiger partial charge in [0.05, 0.1) is 0 Å². The van der Waals surface area contributed by atoms with Gasteiger partial charge < -0.3 is 15.1 Å². The third-order valence-electron chi connectivity index (χ3n) is 4.68. The maximum Gasteiger partial charge on any atom is 0.317 e. The third-order valence-corrected chi connectivity index (χ3v) is 5.42. The van der Waals surface area contributed by atoms with E-state index >= 15 is 0 Å². The number of amides is 2. The number of carbonyl (C=O) groups is 1. The minimum Gasteiger partial charge on any atom is -0.338 e. The van der Waals surface area contributed by atoms with E-state index in [1.54, 1.807) is 17.4 Å². The molecule has 5 heteroatoms. The van der Waals surface area contributed by atoms with Gasteiger partial charge in [-0.05, 0) is 61.3 Å². The van der Waals surface area contributed by atoms with E-state index in [9.17, 15) is 4.79 Å². The molecule has 2 amide bonds. The largest absolute Gasteiger partial charge is 0.338 e. The average Bonchev–Trinajstić information content (AvgIpc) is 3.18. The van der Waals surface area contributed by atoms with Crippen LogP contribution >= 0.6 is 11.3 Å². The van der Waals surface area contributed by atoms with Crippen LogP contribution in [0.5, 0.6) is 0 Å². The van der Waals surface area contributed by atoms with Crippen LogP contribution in [0.4, 0.5) is 4.79 Å². The van der Waals surface area contributed by atoms with Gasteiger partial charge in [0.15, 0.2) is 0 Å². The molecule has 0 saturated heterocycles. The Labute approximate surface area is 167 Å². The van der Waals surface area contributed by atoms with Crippen LogP contribution < -0.4 is 5.32 Å². The van der Waals surface area contributed by atoms with Gasteiger partial charge in [0, 0.05) is 25.7 Å². The standard InChI is InChI=1S/C22H31N3OS/c1-4-14-25(22(26)23-13-10-20-12-16-27-18-20)15-11-21(24(2)3)17-19-8-6-5-7-9-19/h4-9,12,16,18,21H,1,10-11,13-15,17H2,2-3H3,(H,23,26). The maximum absolute atomic E-state index is 12.6. The maximum atomic E-state index is 12.6. The quantitative estimate of drug-likeness (QED) is 0.592. The van der Waals surface area contributed by atoms with Crippen molar-refractivity contribution in [1.82, 2.24) is 15.1 Å². The van der Waals surface area contributed by atoms with Crippen LogP contribution in [0.2, 0.25) is 0 Å². The Morgan fingerprint density at radius 2 is 2.00 bits per heavy atom. The highest BCUT2D eigenvalue weighted by Crippen LogP contribution is 2.11. The van der Waals surface area contributed by atoms with Crippen molar-refractivity contribution in [3.63, 3.8) is 0 Å². The van der Waals surface area contributed by atoms with Gasteiger partial charge in [-0.3, -0.25) is 0 Å². The van der Waals surface area contributed by atoms with E-state index in [1.165, 1.54) is 11.1 Å². The molecule has 1 aromatic carbocycles.